The first-order valence-electron chi connectivity index (χ1n) is 10.9. The molecule has 7 nitrogen and oxygen atoms in total. The van der Waals surface area contributed by atoms with Gasteiger partial charge in [0.15, 0.2) is 0 Å². The van der Waals surface area contributed by atoms with Gasteiger partial charge in [-0.05, 0) is 54.7 Å². The lowest BCUT2D eigenvalue weighted by molar-refractivity contribution is 0.0589. The van der Waals surface area contributed by atoms with Crippen molar-refractivity contribution in [1.82, 2.24) is 23.8 Å². The topological polar surface area (TPSA) is 72.5 Å². The zero-order chi connectivity index (χ0) is 21.8. The lowest BCUT2D eigenvalue weighted by atomic mass is 9.82. The average Bonchev–Trinajstić information content (AvgIpc) is 3.23. The molecular formula is C25H23N5O2. The minimum absolute atomic E-state index is 0.0200. The van der Waals surface area contributed by atoms with Crippen molar-refractivity contribution in [2.24, 2.45) is 5.92 Å². The summed E-state index contributed by atoms with van der Waals surface area (Å²) in [6, 6.07) is 11.6. The van der Waals surface area contributed by atoms with Crippen LogP contribution >= 0.6 is 0 Å². The van der Waals surface area contributed by atoms with E-state index in [-0.39, 0.29) is 23.3 Å². The zero-order valence-corrected chi connectivity index (χ0v) is 17.8. The van der Waals surface area contributed by atoms with E-state index in [0.29, 0.717) is 25.3 Å². The Morgan fingerprint density at radius 2 is 2.00 bits per heavy atom. The number of amides is 1. The van der Waals surface area contributed by atoms with Crippen LogP contribution in [0.5, 0.6) is 0 Å². The maximum absolute atomic E-state index is 13.3. The van der Waals surface area contributed by atoms with Crippen molar-refractivity contribution >= 4 is 11.6 Å². The van der Waals surface area contributed by atoms with E-state index in [2.05, 4.69) is 16.0 Å². The number of aryl methyl sites for hydroxylation is 1. The van der Waals surface area contributed by atoms with E-state index < -0.39 is 0 Å². The van der Waals surface area contributed by atoms with Crippen LogP contribution in [0.2, 0.25) is 0 Å². The third-order valence-electron chi connectivity index (χ3n) is 6.67. The molecule has 7 heteroatoms. The van der Waals surface area contributed by atoms with Crippen LogP contribution in [0, 0.1) is 12.8 Å². The fourth-order valence-corrected chi connectivity index (χ4v) is 5.17. The van der Waals surface area contributed by atoms with Gasteiger partial charge in [-0.2, -0.15) is 0 Å². The summed E-state index contributed by atoms with van der Waals surface area (Å²) < 4.78 is 3.79. The summed E-state index contributed by atoms with van der Waals surface area (Å²) in [6.45, 7) is 3.91. The normalized spacial score (nSPS) is 19.7. The van der Waals surface area contributed by atoms with Crippen LogP contribution in [-0.4, -0.2) is 42.8 Å². The Balaban J connectivity index is 1.33. The number of pyridine rings is 3. The van der Waals surface area contributed by atoms with Gasteiger partial charge < -0.3 is 13.9 Å². The molecule has 2 bridgehead atoms. The molecule has 160 valence electrons. The molecule has 1 fully saturated rings. The number of imidazole rings is 1. The maximum atomic E-state index is 13.3. The van der Waals surface area contributed by atoms with Crippen LogP contribution in [-0.2, 0) is 6.54 Å². The highest BCUT2D eigenvalue weighted by Crippen LogP contribution is 2.37. The second-order valence-corrected chi connectivity index (χ2v) is 8.96. The van der Waals surface area contributed by atoms with Gasteiger partial charge in [0.2, 0.25) is 0 Å². The molecule has 0 N–H and O–H groups in total. The summed E-state index contributed by atoms with van der Waals surface area (Å²) in [5.74, 6) is 0.363. The molecule has 6 heterocycles. The van der Waals surface area contributed by atoms with Crippen LogP contribution < -0.4 is 5.56 Å². The molecule has 0 spiro atoms. The predicted octanol–water partition coefficient (Wildman–Crippen LogP) is 3.13. The van der Waals surface area contributed by atoms with Crippen molar-refractivity contribution < 1.29 is 4.79 Å². The summed E-state index contributed by atoms with van der Waals surface area (Å²) in [5, 5.41) is 0. The lowest BCUT2D eigenvalue weighted by Crippen LogP contribution is -2.49. The van der Waals surface area contributed by atoms with Gasteiger partial charge in [-0.1, -0.05) is 6.07 Å². The number of carbonyl (C=O) groups excluding carboxylic acids is 1. The van der Waals surface area contributed by atoms with Crippen molar-refractivity contribution in [3.63, 3.8) is 0 Å². The number of piperidine rings is 1. The number of likely N-dealkylation sites (tertiary alicyclic amines) is 1. The Hall–Kier alpha value is -3.74. The highest BCUT2D eigenvalue weighted by molar-refractivity contribution is 5.93. The Kier molecular flexibility index (Phi) is 4.24. The van der Waals surface area contributed by atoms with Gasteiger partial charge in [-0.3, -0.25) is 14.6 Å². The van der Waals surface area contributed by atoms with Gasteiger partial charge in [-0.15, -0.1) is 0 Å². The minimum atomic E-state index is -0.0414. The molecule has 2 aliphatic heterocycles. The smallest absolute Gasteiger partial charge is 0.274 e. The van der Waals surface area contributed by atoms with Crippen LogP contribution in [0.1, 0.15) is 34.1 Å². The second-order valence-electron chi connectivity index (χ2n) is 8.96. The SMILES string of the molecule is Cc1ccn2cc(C(=O)N3C[C@@H]4C[C@H](C3)c3cc(-c5cccnc5)cc(=O)n3C4)nc2c1. The first-order chi connectivity index (χ1) is 15.5. The molecule has 6 rings (SSSR count). The van der Waals surface area contributed by atoms with Gasteiger partial charge in [0.1, 0.15) is 11.3 Å². The molecule has 2 aliphatic rings. The summed E-state index contributed by atoms with van der Waals surface area (Å²) >= 11 is 0. The molecule has 0 unspecified atom stereocenters. The van der Waals surface area contributed by atoms with Crippen molar-refractivity contribution in [3.05, 3.63) is 88.5 Å². The number of hydrogen-bond donors (Lipinski definition) is 0. The van der Waals surface area contributed by atoms with E-state index in [4.69, 9.17) is 0 Å². The Bertz CT molecular complexity index is 1410. The van der Waals surface area contributed by atoms with E-state index >= 15 is 0 Å². The molecule has 0 aromatic carbocycles. The van der Waals surface area contributed by atoms with E-state index in [1.165, 1.54) is 0 Å². The van der Waals surface area contributed by atoms with Crippen LogP contribution in [0.3, 0.4) is 0 Å². The number of aromatic nitrogens is 4. The highest BCUT2D eigenvalue weighted by atomic mass is 16.2. The number of nitrogens with zero attached hydrogens (tertiary/aromatic N) is 5. The summed E-state index contributed by atoms with van der Waals surface area (Å²) in [6.07, 6.45) is 8.23. The Labute approximate surface area is 185 Å². The average molecular weight is 425 g/mol. The molecule has 4 aromatic heterocycles. The number of fused-ring (bicyclic) bond motifs is 5. The van der Waals surface area contributed by atoms with Gasteiger partial charge in [-0.25, -0.2) is 4.98 Å². The fourth-order valence-electron chi connectivity index (χ4n) is 5.17. The number of carbonyl (C=O) groups is 1. The molecule has 0 saturated carbocycles. The van der Waals surface area contributed by atoms with Gasteiger partial charge >= 0.3 is 0 Å². The third-order valence-corrected chi connectivity index (χ3v) is 6.67. The predicted molar refractivity (Wildman–Crippen MR) is 121 cm³/mol. The first kappa shape index (κ1) is 19.0. The molecule has 0 radical (unpaired) electrons. The standard InChI is InChI=1S/C25H23N5O2/c1-16-4-6-28-15-21(27-23(28)7-16)25(32)29-12-17-8-20(14-29)22-9-19(10-24(31)30(22)13-17)18-3-2-5-26-11-18/h2-7,9-11,15,17,20H,8,12-14H2,1H3/t17-,20+/m0/s1. The van der Waals surface area contributed by atoms with Crippen LogP contribution in [0.25, 0.3) is 16.8 Å². The minimum Gasteiger partial charge on any atom is -0.336 e. The van der Waals surface area contributed by atoms with Gasteiger partial charge in [0, 0.05) is 67.7 Å². The molecule has 1 saturated heterocycles. The second kappa shape index (κ2) is 7.15. The van der Waals surface area contributed by atoms with Crippen molar-refractivity contribution in [2.45, 2.75) is 25.8 Å². The molecule has 0 aliphatic carbocycles. The molecular weight excluding hydrogens is 402 g/mol. The van der Waals surface area contributed by atoms with E-state index in [1.54, 1.807) is 24.7 Å². The van der Waals surface area contributed by atoms with Crippen LogP contribution in [0.4, 0.5) is 0 Å². The fraction of sp³-hybridized carbons (Fsp3) is 0.280. The Morgan fingerprint density at radius 3 is 2.84 bits per heavy atom. The lowest BCUT2D eigenvalue weighted by Gasteiger charge is -2.42. The van der Waals surface area contributed by atoms with Gasteiger partial charge in [0.25, 0.3) is 11.5 Å². The molecule has 2 atom stereocenters. The molecule has 1 amide bonds. The Morgan fingerprint density at radius 1 is 1.09 bits per heavy atom. The summed E-state index contributed by atoms with van der Waals surface area (Å²) in [5.41, 5.74) is 5.20. The third kappa shape index (κ3) is 3.12. The monoisotopic (exact) mass is 425 g/mol. The quantitative estimate of drug-likeness (QED) is 0.495. The molecule has 4 aromatic rings. The first-order valence-corrected chi connectivity index (χ1v) is 10.9. The van der Waals surface area contributed by atoms with Crippen molar-refractivity contribution in [2.75, 3.05) is 13.1 Å². The highest BCUT2D eigenvalue weighted by Gasteiger charge is 2.37. The van der Waals surface area contributed by atoms with E-state index in [9.17, 15) is 9.59 Å². The van der Waals surface area contributed by atoms with Gasteiger partial charge in [0.05, 0.1) is 0 Å². The largest absolute Gasteiger partial charge is 0.336 e. The maximum Gasteiger partial charge on any atom is 0.274 e. The summed E-state index contributed by atoms with van der Waals surface area (Å²) in [4.78, 5) is 36.9. The molecule has 32 heavy (non-hydrogen) atoms. The van der Waals surface area contributed by atoms with Crippen molar-refractivity contribution in [1.29, 1.82) is 0 Å². The number of rotatable bonds is 2. The van der Waals surface area contributed by atoms with Crippen LogP contribution in [0.15, 0.2) is 66.0 Å². The zero-order valence-electron chi connectivity index (χ0n) is 17.8. The van der Waals surface area contributed by atoms with E-state index in [1.807, 2.05) is 51.3 Å². The van der Waals surface area contributed by atoms with Crippen molar-refractivity contribution in [3.8, 4) is 11.1 Å². The number of hydrogen-bond acceptors (Lipinski definition) is 4. The summed E-state index contributed by atoms with van der Waals surface area (Å²) in [7, 11) is 0. The van der Waals surface area contributed by atoms with E-state index in [0.717, 1.165) is 34.5 Å².